The number of rotatable bonds is 4. The van der Waals surface area contributed by atoms with Gasteiger partial charge in [-0.2, -0.15) is 0 Å². The highest BCUT2D eigenvalue weighted by Crippen LogP contribution is 2.08. The molecule has 0 N–H and O–H groups in total. The molecule has 0 fully saturated rings. The van der Waals surface area contributed by atoms with Gasteiger partial charge in [-0.25, -0.2) is 0 Å². The summed E-state index contributed by atoms with van der Waals surface area (Å²) < 4.78 is 0. The minimum Gasteiger partial charge on any atom is -0.294 e. The average molecular weight is 202 g/mol. The van der Waals surface area contributed by atoms with Gasteiger partial charge in [0.15, 0.2) is 5.78 Å². The molecule has 0 saturated carbocycles. The van der Waals surface area contributed by atoms with Crippen LogP contribution in [0.3, 0.4) is 0 Å². The largest absolute Gasteiger partial charge is 0.294 e. The van der Waals surface area contributed by atoms with Gasteiger partial charge in [0.1, 0.15) is 0 Å². The van der Waals surface area contributed by atoms with Gasteiger partial charge in [0.2, 0.25) is 0 Å². The van der Waals surface area contributed by atoms with Crippen molar-refractivity contribution in [1.29, 1.82) is 0 Å². The molecule has 0 amide bonds. The van der Waals surface area contributed by atoms with Gasteiger partial charge >= 0.3 is 0 Å². The van der Waals surface area contributed by atoms with Gasteiger partial charge < -0.3 is 0 Å². The number of hydrogen-bond donors (Lipinski definition) is 0. The lowest BCUT2D eigenvalue weighted by atomic mass is 10.0. The number of carbonyl (C=O) groups is 1. The summed E-state index contributed by atoms with van der Waals surface area (Å²) in [6.07, 6.45) is 3.55. The zero-order valence-electron chi connectivity index (χ0n) is 9.71. The summed E-state index contributed by atoms with van der Waals surface area (Å²) in [5.74, 6) is 0.229. The monoisotopic (exact) mass is 202 g/mol. The van der Waals surface area contributed by atoms with Gasteiger partial charge in [-0.3, -0.25) is 4.79 Å². The molecule has 0 heterocycles. The molecule has 1 rings (SSSR count). The lowest BCUT2D eigenvalue weighted by Gasteiger charge is -1.99. The van der Waals surface area contributed by atoms with Crippen molar-refractivity contribution in [3.63, 3.8) is 0 Å². The Bertz CT molecular complexity index is 353. The second kappa shape index (κ2) is 5.50. The van der Waals surface area contributed by atoms with E-state index in [2.05, 4.69) is 19.9 Å². The van der Waals surface area contributed by atoms with Crippen LogP contribution in [0, 0.1) is 6.92 Å². The van der Waals surface area contributed by atoms with Gasteiger partial charge in [-0.05, 0) is 27.2 Å². The first-order valence-corrected chi connectivity index (χ1v) is 5.33. The Hall–Kier alpha value is -1.37. The van der Waals surface area contributed by atoms with E-state index in [0.29, 0.717) is 6.42 Å². The molecule has 0 spiro atoms. The standard InChI is InChI=1S/C14H18O/c1-11(2)5-4-6-14(15)13-9-7-12(3)8-10-13/h5,7-10H,4,6H2,1-3H3. The van der Waals surface area contributed by atoms with Crippen LogP contribution in [0.4, 0.5) is 0 Å². The maximum absolute atomic E-state index is 11.7. The van der Waals surface area contributed by atoms with Crippen LogP contribution in [0.15, 0.2) is 35.9 Å². The molecular weight excluding hydrogens is 184 g/mol. The highest BCUT2D eigenvalue weighted by Gasteiger charge is 2.03. The Kier molecular flexibility index (Phi) is 4.29. The summed E-state index contributed by atoms with van der Waals surface area (Å²) >= 11 is 0. The summed E-state index contributed by atoms with van der Waals surface area (Å²) in [6, 6.07) is 7.77. The molecule has 80 valence electrons. The fourth-order valence-corrected chi connectivity index (χ4v) is 1.38. The molecule has 1 heteroatoms. The van der Waals surface area contributed by atoms with Crippen molar-refractivity contribution in [3.05, 3.63) is 47.0 Å². The normalized spacial score (nSPS) is 9.80. The van der Waals surface area contributed by atoms with Crippen molar-refractivity contribution in [1.82, 2.24) is 0 Å². The average Bonchev–Trinajstić information content (AvgIpc) is 2.18. The zero-order valence-corrected chi connectivity index (χ0v) is 9.71. The van der Waals surface area contributed by atoms with Crippen LogP contribution in [0.1, 0.15) is 42.6 Å². The molecule has 0 radical (unpaired) electrons. The predicted octanol–water partition coefficient (Wildman–Crippen LogP) is 3.92. The molecule has 0 aliphatic heterocycles. The summed E-state index contributed by atoms with van der Waals surface area (Å²) in [4.78, 5) is 11.7. The Morgan fingerprint density at radius 2 is 1.80 bits per heavy atom. The van der Waals surface area contributed by atoms with Crippen molar-refractivity contribution < 1.29 is 4.79 Å². The number of Topliss-reactive ketones (excluding diaryl/α,β-unsaturated/α-hetero) is 1. The van der Waals surface area contributed by atoms with Crippen LogP contribution in [0.25, 0.3) is 0 Å². The zero-order chi connectivity index (χ0) is 11.3. The van der Waals surface area contributed by atoms with Gasteiger partial charge in [-0.15, -0.1) is 0 Å². The van der Waals surface area contributed by atoms with E-state index in [1.165, 1.54) is 11.1 Å². The molecule has 1 aromatic rings. The highest BCUT2D eigenvalue weighted by molar-refractivity contribution is 5.96. The lowest BCUT2D eigenvalue weighted by Crippen LogP contribution is -1.97. The number of allylic oxidation sites excluding steroid dienone is 2. The van der Waals surface area contributed by atoms with Gasteiger partial charge in [-0.1, -0.05) is 41.5 Å². The predicted molar refractivity (Wildman–Crippen MR) is 64.2 cm³/mol. The van der Waals surface area contributed by atoms with Gasteiger partial charge in [0.25, 0.3) is 0 Å². The first kappa shape index (κ1) is 11.7. The van der Waals surface area contributed by atoms with Crippen molar-refractivity contribution in [2.45, 2.75) is 33.6 Å². The van der Waals surface area contributed by atoms with Crippen LogP contribution in [0.5, 0.6) is 0 Å². The molecule has 0 atom stereocenters. The number of ketones is 1. The Morgan fingerprint density at radius 1 is 1.20 bits per heavy atom. The van der Waals surface area contributed by atoms with Crippen molar-refractivity contribution in [3.8, 4) is 0 Å². The smallest absolute Gasteiger partial charge is 0.163 e. The number of carbonyl (C=O) groups excluding carboxylic acids is 1. The van der Waals surface area contributed by atoms with Gasteiger partial charge in [0.05, 0.1) is 0 Å². The van der Waals surface area contributed by atoms with Crippen molar-refractivity contribution in [2.24, 2.45) is 0 Å². The van der Waals surface area contributed by atoms with Crippen LogP contribution >= 0.6 is 0 Å². The Labute approximate surface area is 91.8 Å². The molecule has 1 aromatic carbocycles. The highest BCUT2D eigenvalue weighted by atomic mass is 16.1. The summed E-state index contributed by atoms with van der Waals surface area (Å²) in [6.45, 7) is 6.13. The third kappa shape index (κ3) is 4.11. The van der Waals surface area contributed by atoms with Crippen LogP contribution in [-0.4, -0.2) is 5.78 Å². The summed E-state index contributed by atoms with van der Waals surface area (Å²) in [7, 11) is 0. The molecule has 0 saturated heterocycles. The first-order valence-electron chi connectivity index (χ1n) is 5.33. The lowest BCUT2D eigenvalue weighted by molar-refractivity contribution is 0.0983. The third-order valence-corrected chi connectivity index (χ3v) is 2.30. The van der Waals surface area contributed by atoms with E-state index < -0.39 is 0 Å². The molecule has 15 heavy (non-hydrogen) atoms. The van der Waals surface area contributed by atoms with Gasteiger partial charge in [0, 0.05) is 12.0 Å². The Morgan fingerprint density at radius 3 is 2.33 bits per heavy atom. The maximum atomic E-state index is 11.7. The van der Waals surface area contributed by atoms with Crippen LogP contribution in [-0.2, 0) is 0 Å². The van der Waals surface area contributed by atoms with Crippen molar-refractivity contribution >= 4 is 5.78 Å². The molecule has 0 aliphatic rings. The number of benzene rings is 1. The molecule has 0 unspecified atom stereocenters. The number of hydrogen-bond acceptors (Lipinski definition) is 1. The topological polar surface area (TPSA) is 17.1 Å². The van der Waals surface area contributed by atoms with Crippen LogP contribution < -0.4 is 0 Å². The van der Waals surface area contributed by atoms with Crippen molar-refractivity contribution in [2.75, 3.05) is 0 Å². The Balaban J connectivity index is 2.54. The quantitative estimate of drug-likeness (QED) is 0.534. The van der Waals surface area contributed by atoms with E-state index in [0.717, 1.165) is 12.0 Å². The molecule has 0 bridgehead atoms. The summed E-state index contributed by atoms with van der Waals surface area (Å²) in [5, 5.41) is 0. The molecule has 0 aliphatic carbocycles. The number of aryl methyl sites for hydroxylation is 1. The fourth-order valence-electron chi connectivity index (χ4n) is 1.38. The SMILES string of the molecule is CC(C)=CCCC(=O)c1ccc(C)cc1. The second-order valence-electron chi connectivity index (χ2n) is 4.11. The summed E-state index contributed by atoms with van der Waals surface area (Å²) in [5.41, 5.74) is 3.28. The molecule has 0 aromatic heterocycles. The maximum Gasteiger partial charge on any atom is 0.163 e. The fraction of sp³-hybridized carbons (Fsp3) is 0.357. The van der Waals surface area contributed by atoms with E-state index in [-0.39, 0.29) is 5.78 Å². The third-order valence-electron chi connectivity index (χ3n) is 2.30. The minimum absolute atomic E-state index is 0.229. The van der Waals surface area contributed by atoms with E-state index in [1.807, 2.05) is 31.2 Å². The second-order valence-corrected chi connectivity index (χ2v) is 4.11. The van der Waals surface area contributed by atoms with E-state index in [9.17, 15) is 4.79 Å². The minimum atomic E-state index is 0.229. The van der Waals surface area contributed by atoms with E-state index in [4.69, 9.17) is 0 Å². The van der Waals surface area contributed by atoms with E-state index in [1.54, 1.807) is 0 Å². The van der Waals surface area contributed by atoms with E-state index >= 15 is 0 Å². The van der Waals surface area contributed by atoms with Crippen LogP contribution in [0.2, 0.25) is 0 Å². The molecular formula is C14H18O. The first-order chi connectivity index (χ1) is 7.09. The molecule has 1 nitrogen and oxygen atoms in total.